The van der Waals surface area contributed by atoms with Gasteiger partial charge in [-0.25, -0.2) is 0 Å². The maximum atomic E-state index is 13.5. The Labute approximate surface area is 415 Å². The van der Waals surface area contributed by atoms with Crippen LogP contribution in [-0.4, -0.2) is 123 Å². The molecular formula is C57H114N4O6. The summed E-state index contributed by atoms with van der Waals surface area (Å²) in [6, 6.07) is -0.472. The molecular weight excluding hydrogens is 837 g/mol. The van der Waals surface area contributed by atoms with Crippen molar-refractivity contribution in [1.82, 2.24) is 14.7 Å². The van der Waals surface area contributed by atoms with Gasteiger partial charge in [-0.15, -0.1) is 0 Å². The number of β-amino-alcohol motifs (C(OH)–C–C–N with tert-alkyl or cyclic N) is 1. The molecule has 0 aromatic rings. The van der Waals surface area contributed by atoms with Gasteiger partial charge in [-0.3, -0.25) is 15.1 Å². The number of aliphatic hydroxyl groups is 4. The topological polar surface area (TPSA) is 141 Å². The zero-order valence-electron chi connectivity index (χ0n) is 45.0. The van der Waals surface area contributed by atoms with Gasteiger partial charge in [0.25, 0.3) is 0 Å². The van der Waals surface area contributed by atoms with Gasteiger partial charge in [0.15, 0.2) is 5.96 Å². The first-order valence-corrected chi connectivity index (χ1v) is 29.3. The summed E-state index contributed by atoms with van der Waals surface area (Å²) >= 11 is 0. The summed E-state index contributed by atoms with van der Waals surface area (Å²) in [5, 5.41) is 55.2. The Morgan fingerprint density at radius 1 is 0.507 bits per heavy atom. The average Bonchev–Trinajstić information content (AvgIpc) is 3.29. The summed E-state index contributed by atoms with van der Waals surface area (Å²) in [4.78, 5) is 19.4. The highest BCUT2D eigenvalue weighted by Gasteiger charge is 2.35. The Kier molecular flexibility index (Phi) is 42.2. The molecule has 0 spiro atoms. The molecule has 1 saturated heterocycles. The Hall–Kier alpha value is -1.46. The van der Waals surface area contributed by atoms with Gasteiger partial charge in [-0.1, -0.05) is 233 Å². The van der Waals surface area contributed by atoms with Gasteiger partial charge in [0.05, 0.1) is 24.4 Å². The number of unbranched alkanes of at least 4 members (excludes halogenated alkanes) is 28. The van der Waals surface area contributed by atoms with Gasteiger partial charge in [0, 0.05) is 39.3 Å². The van der Waals surface area contributed by atoms with Crippen LogP contribution in [0.4, 0.5) is 0 Å². The summed E-state index contributed by atoms with van der Waals surface area (Å²) in [6.07, 6.45) is 39.7. The molecule has 1 fully saturated rings. The van der Waals surface area contributed by atoms with Crippen LogP contribution in [0.3, 0.4) is 0 Å². The van der Waals surface area contributed by atoms with Crippen molar-refractivity contribution in [2.24, 2.45) is 0 Å². The van der Waals surface area contributed by atoms with Crippen LogP contribution in [0.25, 0.3) is 0 Å². The van der Waals surface area contributed by atoms with Crippen LogP contribution in [-0.2, 0) is 9.53 Å². The third-order valence-electron chi connectivity index (χ3n) is 14.3. The molecule has 0 aliphatic carbocycles. The molecule has 0 saturated carbocycles. The van der Waals surface area contributed by atoms with Gasteiger partial charge >= 0.3 is 5.97 Å². The van der Waals surface area contributed by atoms with Crippen molar-refractivity contribution >= 4 is 11.9 Å². The van der Waals surface area contributed by atoms with Gasteiger partial charge in [-0.2, -0.15) is 0 Å². The van der Waals surface area contributed by atoms with Gasteiger partial charge in [0.1, 0.15) is 12.1 Å². The number of morpholine rings is 1. The van der Waals surface area contributed by atoms with E-state index in [2.05, 4.69) is 32.6 Å². The highest BCUT2D eigenvalue weighted by Crippen LogP contribution is 2.22. The zero-order chi connectivity index (χ0) is 49.2. The summed E-state index contributed by atoms with van der Waals surface area (Å²) in [5.74, 6) is -0.0124. The van der Waals surface area contributed by atoms with E-state index in [0.29, 0.717) is 58.3 Å². The van der Waals surface area contributed by atoms with Crippen molar-refractivity contribution in [2.45, 2.75) is 315 Å². The zero-order valence-corrected chi connectivity index (χ0v) is 45.0. The number of nitrogens with zero attached hydrogens (tertiary/aromatic N) is 3. The molecule has 1 rings (SSSR count). The van der Waals surface area contributed by atoms with Gasteiger partial charge in [0.2, 0.25) is 0 Å². The van der Waals surface area contributed by atoms with Crippen LogP contribution in [0.15, 0.2) is 0 Å². The summed E-state index contributed by atoms with van der Waals surface area (Å²) in [7, 11) is 0. The van der Waals surface area contributed by atoms with Crippen LogP contribution in [0.5, 0.6) is 0 Å². The minimum atomic E-state index is -0.621. The number of guanidine groups is 1. The maximum Gasteiger partial charge on any atom is 0.323 e. The van der Waals surface area contributed by atoms with Crippen molar-refractivity contribution in [3.8, 4) is 0 Å². The molecule has 1 heterocycles. The number of carbonyl (C=O) groups is 1. The lowest BCUT2D eigenvalue weighted by Crippen LogP contribution is -2.54. The molecule has 10 heteroatoms. The summed E-state index contributed by atoms with van der Waals surface area (Å²) in [5.41, 5.74) is 0. The molecule has 6 unspecified atom stereocenters. The fourth-order valence-corrected chi connectivity index (χ4v) is 10.1. The molecule has 6 atom stereocenters. The normalized spacial score (nSPS) is 17.4. The number of rotatable bonds is 48. The van der Waals surface area contributed by atoms with Crippen molar-refractivity contribution < 1.29 is 30.0 Å². The first kappa shape index (κ1) is 63.6. The number of aliphatic hydroxyl groups excluding tert-OH is 4. The van der Waals surface area contributed by atoms with Crippen molar-refractivity contribution in [2.75, 3.05) is 39.3 Å². The van der Waals surface area contributed by atoms with Crippen molar-refractivity contribution in [3.63, 3.8) is 0 Å². The number of hydrogen-bond donors (Lipinski definition) is 5. The van der Waals surface area contributed by atoms with Gasteiger partial charge < -0.3 is 35.0 Å². The Morgan fingerprint density at radius 2 is 0.821 bits per heavy atom. The highest BCUT2D eigenvalue weighted by molar-refractivity contribution is 5.77. The summed E-state index contributed by atoms with van der Waals surface area (Å²) < 4.78 is 5.77. The SMILES string of the molecule is CCCCCCCCCCC(O)CN(CCCC1C(=O)OC(C)CN1CC(O)CCCCCCCCCC)C(=N)N(CC(O)CCCCCCCCCC)CC(O)CCCCCCCCCC. The van der Waals surface area contributed by atoms with Crippen LogP contribution < -0.4 is 0 Å². The minimum absolute atomic E-state index is 0.234. The second-order valence-corrected chi connectivity index (χ2v) is 21.2. The molecule has 10 nitrogen and oxygen atoms in total. The standard InChI is InChI=1S/C57H114N4O6/c1-6-10-14-18-22-26-30-34-39-51(62)46-59(44-38-43-55-56(66)67-50(5)45-60(55)47-52(63)40-35-31-27-23-19-15-11-7-2)57(58)61(48-53(64)41-36-32-28-24-20-16-12-8-3)49-54(65)42-37-33-29-25-21-17-13-9-4/h50-55,58,62-65H,6-49H2,1-5H3. The third-order valence-corrected chi connectivity index (χ3v) is 14.3. The smallest absolute Gasteiger partial charge is 0.323 e. The van der Waals surface area contributed by atoms with E-state index in [9.17, 15) is 30.6 Å². The fourth-order valence-electron chi connectivity index (χ4n) is 10.1. The molecule has 5 N–H and O–H groups in total. The molecule has 0 bridgehead atoms. The Balaban J connectivity index is 3.08. The number of cyclic esters (lactones) is 1. The predicted octanol–water partition coefficient (Wildman–Crippen LogP) is 13.5. The second-order valence-electron chi connectivity index (χ2n) is 21.2. The maximum absolute atomic E-state index is 13.5. The quantitative estimate of drug-likeness (QED) is 0.0174. The largest absolute Gasteiger partial charge is 0.460 e. The molecule has 398 valence electrons. The first-order chi connectivity index (χ1) is 32.6. The van der Waals surface area contributed by atoms with E-state index in [-0.39, 0.29) is 31.1 Å². The fraction of sp³-hybridized carbons (Fsp3) is 0.965. The first-order valence-electron chi connectivity index (χ1n) is 29.3. The van der Waals surface area contributed by atoms with Crippen LogP contribution in [0.1, 0.15) is 279 Å². The Bertz CT molecular complexity index is 1090. The molecule has 0 amide bonds. The lowest BCUT2D eigenvalue weighted by atomic mass is 10.0. The highest BCUT2D eigenvalue weighted by atomic mass is 16.5. The minimum Gasteiger partial charge on any atom is -0.460 e. The number of ether oxygens (including phenoxy) is 1. The Morgan fingerprint density at radius 3 is 1.18 bits per heavy atom. The molecule has 67 heavy (non-hydrogen) atoms. The monoisotopic (exact) mass is 951 g/mol. The molecule has 0 aromatic carbocycles. The molecule has 1 aliphatic rings. The van der Waals surface area contributed by atoms with Crippen molar-refractivity contribution in [3.05, 3.63) is 0 Å². The van der Waals surface area contributed by atoms with E-state index < -0.39 is 30.5 Å². The number of carbonyl (C=O) groups excluding carboxylic acids is 1. The van der Waals surface area contributed by atoms with E-state index in [4.69, 9.17) is 4.74 Å². The second kappa shape index (κ2) is 44.5. The molecule has 1 aliphatic heterocycles. The molecule has 0 radical (unpaired) electrons. The van der Waals surface area contributed by atoms with Crippen molar-refractivity contribution in [1.29, 1.82) is 5.41 Å². The average molecular weight is 952 g/mol. The van der Waals surface area contributed by atoms with E-state index in [1.165, 1.54) is 154 Å². The predicted molar refractivity (Wildman–Crippen MR) is 284 cm³/mol. The number of nitrogens with one attached hydrogen (secondary N) is 1. The van der Waals surface area contributed by atoms with Crippen LogP contribution in [0.2, 0.25) is 0 Å². The number of esters is 1. The van der Waals surface area contributed by atoms with E-state index in [1.807, 2.05) is 16.7 Å². The van der Waals surface area contributed by atoms with Gasteiger partial charge in [-0.05, 0) is 45.4 Å². The lowest BCUT2D eigenvalue weighted by Gasteiger charge is -2.39. The third kappa shape index (κ3) is 35.3. The number of hydrogen-bond acceptors (Lipinski definition) is 8. The van der Waals surface area contributed by atoms with Crippen LogP contribution in [0, 0.1) is 5.41 Å². The molecule has 0 aromatic heterocycles. The van der Waals surface area contributed by atoms with E-state index >= 15 is 0 Å². The summed E-state index contributed by atoms with van der Waals surface area (Å²) in [6.45, 7) is 13.2. The van der Waals surface area contributed by atoms with Crippen LogP contribution >= 0.6 is 0 Å². The van der Waals surface area contributed by atoms with E-state index in [0.717, 1.165) is 57.8 Å². The lowest BCUT2D eigenvalue weighted by molar-refractivity contribution is -0.166. The van der Waals surface area contributed by atoms with E-state index in [1.54, 1.807) is 0 Å².